The highest BCUT2D eigenvalue weighted by Crippen LogP contribution is 2.37. The van der Waals surface area contributed by atoms with E-state index >= 15 is 0 Å². The van der Waals surface area contributed by atoms with Crippen LogP contribution in [0.3, 0.4) is 0 Å². The van der Waals surface area contributed by atoms with Crippen molar-refractivity contribution < 1.29 is 52.0 Å². The van der Waals surface area contributed by atoms with Gasteiger partial charge in [-0.15, -0.1) is 0 Å². The van der Waals surface area contributed by atoms with Gasteiger partial charge >= 0.3 is 6.03 Å². The summed E-state index contributed by atoms with van der Waals surface area (Å²) >= 11 is 0. The molecule has 22 heteroatoms. The predicted molar refractivity (Wildman–Crippen MR) is 243 cm³/mol. The number of primary amides is 1. The Kier molecular flexibility index (Phi) is 27.1. The maximum Gasteiger partial charge on any atom is 0.312 e. The Balaban J connectivity index is 1.76. The van der Waals surface area contributed by atoms with Gasteiger partial charge < -0.3 is 64.4 Å². The van der Waals surface area contributed by atoms with Crippen LogP contribution in [-0.4, -0.2) is 146 Å². The zero-order valence-electron chi connectivity index (χ0n) is 38.7. The molecule has 2 atom stereocenters. The lowest BCUT2D eigenvalue weighted by Crippen LogP contribution is -2.54. The van der Waals surface area contributed by atoms with Crippen LogP contribution < -0.4 is 27.0 Å². The van der Waals surface area contributed by atoms with Crippen molar-refractivity contribution >= 4 is 37.8 Å². The van der Waals surface area contributed by atoms with E-state index in [9.17, 15) is 19.2 Å². The minimum atomic E-state index is -2.00. The zero-order chi connectivity index (χ0) is 47.2. The fourth-order valence-electron chi connectivity index (χ4n) is 5.42. The van der Waals surface area contributed by atoms with Crippen molar-refractivity contribution in [1.82, 2.24) is 25.5 Å². The van der Waals surface area contributed by atoms with E-state index in [-0.39, 0.29) is 49.5 Å². The van der Waals surface area contributed by atoms with Crippen LogP contribution in [-0.2, 0) is 53.8 Å². The number of rotatable bonds is 35. The molecule has 0 saturated carbocycles. The number of nitrogens with two attached hydrogens (primary N) is 1. The highest BCUT2D eigenvalue weighted by Gasteiger charge is 2.37. The number of hydrogen-bond donors (Lipinski definition) is 5. The van der Waals surface area contributed by atoms with Gasteiger partial charge in [-0.2, -0.15) is 0 Å². The summed E-state index contributed by atoms with van der Waals surface area (Å²) in [6.07, 6.45) is 4.13. The minimum Gasteiger partial charge on any atom is -0.409 e. The number of urea groups is 1. The standard InChI is InChI=1S/C42H72N10O11Si/c1-32(2)38(50-37(53)14-19-57-21-23-59-25-27-61-29-30-62-28-26-60-24-22-58-20-17-47-51-44)40(55)49-35(9-8-15-46-41(43)56)39(54)48-33-10-12-34(13-11-33)52-18-16-45-36(52)31-63-64(6,7)42(3,4)5/h10-13,16,18,32,35,38H,8-9,14-15,17,19-31H2,1-7H3,(H,48,54)(H,49,55)(H,50,53)(H3,43,46,56). The molecule has 0 aliphatic carbocycles. The van der Waals surface area contributed by atoms with E-state index < -0.39 is 38.2 Å². The first-order chi connectivity index (χ1) is 30.6. The molecule has 6 N–H and O–H groups in total. The summed E-state index contributed by atoms with van der Waals surface area (Å²) in [5.41, 5.74) is 14.8. The van der Waals surface area contributed by atoms with Crippen molar-refractivity contribution in [2.24, 2.45) is 16.8 Å². The summed E-state index contributed by atoms with van der Waals surface area (Å²) in [5.74, 6) is -0.909. The van der Waals surface area contributed by atoms with Crippen molar-refractivity contribution in [3.05, 3.63) is 52.9 Å². The number of hydrogen-bond acceptors (Lipinski definition) is 13. The number of nitrogens with one attached hydrogen (secondary N) is 4. The molecule has 0 aliphatic heterocycles. The van der Waals surface area contributed by atoms with Gasteiger partial charge in [-0.25, -0.2) is 9.78 Å². The summed E-state index contributed by atoms with van der Waals surface area (Å²) in [6.45, 7) is 19.7. The van der Waals surface area contributed by atoms with Crippen molar-refractivity contribution in [2.75, 3.05) is 97.7 Å². The van der Waals surface area contributed by atoms with E-state index in [0.29, 0.717) is 91.3 Å². The Hall–Kier alpha value is -4.64. The first-order valence-electron chi connectivity index (χ1n) is 21.7. The predicted octanol–water partition coefficient (Wildman–Crippen LogP) is 4.21. The fourth-order valence-corrected chi connectivity index (χ4v) is 6.34. The molecule has 64 heavy (non-hydrogen) atoms. The second-order valence-electron chi connectivity index (χ2n) is 16.5. The van der Waals surface area contributed by atoms with E-state index in [4.69, 9.17) is 44.1 Å². The van der Waals surface area contributed by atoms with E-state index in [1.807, 2.05) is 22.9 Å². The average molecular weight is 921 g/mol. The lowest BCUT2D eigenvalue weighted by atomic mass is 10.0. The van der Waals surface area contributed by atoms with Gasteiger partial charge in [0.05, 0.1) is 85.9 Å². The number of aromatic nitrogens is 2. The molecular weight excluding hydrogens is 849 g/mol. The summed E-state index contributed by atoms with van der Waals surface area (Å²) < 4.78 is 40.9. The largest absolute Gasteiger partial charge is 0.409 e. The van der Waals surface area contributed by atoms with Crippen LogP contribution in [0.5, 0.6) is 0 Å². The lowest BCUT2D eigenvalue weighted by molar-refractivity contribution is -0.132. The first kappa shape index (κ1) is 55.5. The molecule has 0 radical (unpaired) electrons. The monoisotopic (exact) mass is 921 g/mol. The summed E-state index contributed by atoms with van der Waals surface area (Å²) in [4.78, 5) is 58.5. The molecule has 0 bridgehead atoms. The zero-order valence-corrected chi connectivity index (χ0v) is 39.7. The quantitative estimate of drug-likeness (QED) is 0.0214. The molecule has 1 aromatic carbocycles. The van der Waals surface area contributed by atoms with Crippen LogP contribution in [0, 0.1) is 5.92 Å². The van der Waals surface area contributed by atoms with Crippen LogP contribution in [0.25, 0.3) is 16.1 Å². The van der Waals surface area contributed by atoms with Crippen LogP contribution in [0.15, 0.2) is 41.8 Å². The van der Waals surface area contributed by atoms with Crippen molar-refractivity contribution in [2.45, 2.75) is 90.7 Å². The van der Waals surface area contributed by atoms with Gasteiger partial charge in [0.2, 0.25) is 17.7 Å². The maximum absolute atomic E-state index is 13.6. The van der Waals surface area contributed by atoms with Gasteiger partial charge in [0.25, 0.3) is 0 Å². The molecule has 0 spiro atoms. The summed E-state index contributed by atoms with van der Waals surface area (Å²) in [7, 11) is -2.00. The van der Waals surface area contributed by atoms with E-state index in [1.165, 1.54) is 0 Å². The molecule has 21 nitrogen and oxygen atoms in total. The van der Waals surface area contributed by atoms with Crippen molar-refractivity contribution in [1.29, 1.82) is 0 Å². The Morgan fingerprint density at radius 2 is 1.38 bits per heavy atom. The maximum atomic E-state index is 13.6. The van der Waals surface area contributed by atoms with Gasteiger partial charge in [0.15, 0.2) is 8.32 Å². The third-order valence-electron chi connectivity index (χ3n) is 10.1. The summed E-state index contributed by atoms with van der Waals surface area (Å²) in [5, 5.41) is 14.4. The van der Waals surface area contributed by atoms with Crippen LogP contribution in [0.1, 0.15) is 59.7 Å². The normalized spacial score (nSPS) is 12.6. The Labute approximate surface area is 378 Å². The van der Waals surface area contributed by atoms with Crippen LogP contribution in [0.4, 0.5) is 10.5 Å². The van der Waals surface area contributed by atoms with Gasteiger partial charge in [-0.05, 0) is 66.7 Å². The smallest absolute Gasteiger partial charge is 0.312 e. The number of benzene rings is 1. The molecular formula is C42H72N10O11Si. The number of ether oxygens (including phenoxy) is 6. The molecule has 1 heterocycles. The number of carbonyl (C=O) groups excluding carboxylic acids is 4. The van der Waals surface area contributed by atoms with E-state index in [2.05, 4.69) is 70.1 Å². The lowest BCUT2D eigenvalue weighted by Gasteiger charge is -2.36. The Morgan fingerprint density at radius 3 is 1.89 bits per heavy atom. The van der Waals surface area contributed by atoms with Gasteiger partial charge in [0.1, 0.15) is 17.9 Å². The Morgan fingerprint density at radius 1 is 0.828 bits per heavy atom. The second kappa shape index (κ2) is 31.3. The number of imidazole rings is 1. The van der Waals surface area contributed by atoms with Gasteiger partial charge in [0, 0.05) is 48.2 Å². The van der Waals surface area contributed by atoms with Crippen molar-refractivity contribution in [3.8, 4) is 5.69 Å². The van der Waals surface area contributed by atoms with Gasteiger partial charge in [-0.3, -0.25) is 14.4 Å². The van der Waals surface area contributed by atoms with Crippen molar-refractivity contribution in [3.63, 3.8) is 0 Å². The number of amides is 5. The molecule has 360 valence electrons. The third kappa shape index (κ3) is 23.3. The third-order valence-corrected chi connectivity index (χ3v) is 14.6. The number of anilines is 1. The molecule has 5 amide bonds. The topological polar surface area (TPSA) is 274 Å². The highest BCUT2D eigenvalue weighted by atomic mass is 28.4. The van der Waals surface area contributed by atoms with Crippen LogP contribution in [0.2, 0.25) is 18.1 Å². The number of carbonyl (C=O) groups is 4. The average Bonchev–Trinajstić information content (AvgIpc) is 3.72. The molecule has 2 rings (SSSR count). The second-order valence-corrected chi connectivity index (χ2v) is 21.3. The first-order valence-corrected chi connectivity index (χ1v) is 24.6. The minimum absolute atomic E-state index is 0.0141. The van der Waals surface area contributed by atoms with E-state index in [0.717, 1.165) is 11.5 Å². The fraction of sp³-hybridized carbons (Fsp3) is 0.690. The van der Waals surface area contributed by atoms with Gasteiger partial charge in [-0.1, -0.05) is 39.7 Å². The SMILES string of the molecule is CC(C)C(NC(=O)CCOCCOCCOCCOCCOCCOCCN=[N+]=[N-])C(=O)NC(CCCNC(N)=O)C(=O)Nc1ccc(-n2ccnc2CO[Si](C)(C)C(C)(C)C)cc1. The Bertz CT molecular complexity index is 1700. The number of nitrogens with zero attached hydrogens (tertiary/aromatic N) is 5. The molecule has 0 fully saturated rings. The highest BCUT2D eigenvalue weighted by molar-refractivity contribution is 6.74. The van der Waals surface area contributed by atoms with Crippen LogP contribution >= 0.6 is 0 Å². The molecule has 0 aliphatic rings. The number of azide groups is 1. The molecule has 2 aromatic rings. The summed E-state index contributed by atoms with van der Waals surface area (Å²) in [6, 6.07) is 4.63. The molecule has 1 aromatic heterocycles. The molecule has 2 unspecified atom stereocenters. The van der Waals surface area contributed by atoms with E-state index in [1.54, 1.807) is 32.2 Å². The molecule has 0 saturated heterocycles.